The second-order valence-electron chi connectivity index (χ2n) is 19.7. The van der Waals surface area contributed by atoms with Crippen LogP contribution in [0, 0.1) is 0 Å². The molecule has 0 fully saturated rings. The summed E-state index contributed by atoms with van der Waals surface area (Å²) in [6, 6.07) is 98.2. The lowest BCUT2D eigenvalue weighted by Crippen LogP contribution is -2.75. The molecule has 0 aliphatic heterocycles. The number of fused-ring (bicyclic) bond motifs is 13. The van der Waals surface area contributed by atoms with Gasteiger partial charge in [0.25, 0.3) is 0 Å². The zero-order valence-electron chi connectivity index (χ0n) is 41.0. The van der Waals surface area contributed by atoms with E-state index in [1.807, 2.05) is 11.3 Å². The lowest BCUT2D eigenvalue weighted by molar-refractivity contribution is 1.11. The Morgan fingerprint density at radius 1 is 0.316 bits per heavy atom. The Morgan fingerprint density at radius 2 is 0.803 bits per heavy atom. The van der Waals surface area contributed by atoms with Gasteiger partial charge in [-0.2, -0.15) is 0 Å². The summed E-state index contributed by atoms with van der Waals surface area (Å²) in [6.45, 7) is 0. The minimum Gasteiger partial charge on any atom is -0.278 e. The first-order valence-electron chi connectivity index (χ1n) is 25.8. The van der Waals surface area contributed by atoms with Crippen molar-refractivity contribution >= 4 is 116 Å². The molecule has 8 heteroatoms. The van der Waals surface area contributed by atoms with E-state index in [1.54, 1.807) is 0 Å². The summed E-state index contributed by atoms with van der Waals surface area (Å²) in [5, 5.41) is 7.84. The van der Waals surface area contributed by atoms with E-state index in [2.05, 4.69) is 285 Å². The molecule has 11 aromatic carbocycles. The largest absolute Gasteiger partial charge is 0.278 e. The fourth-order valence-corrected chi connectivity index (χ4v) is 18.8. The molecule has 6 nitrogen and oxygen atoms in total. The fraction of sp³-hybridized carbons (Fsp3) is 0. The summed E-state index contributed by atoms with van der Waals surface area (Å²) in [7, 11) is -3.19. The molecule has 0 unspecified atom stereocenters. The Morgan fingerprint density at radius 3 is 1.51 bits per heavy atom. The van der Waals surface area contributed by atoms with Crippen LogP contribution in [0.3, 0.4) is 0 Å². The monoisotopic (exact) mass is 1000 g/mol. The van der Waals surface area contributed by atoms with Crippen molar-refractivity contribution in [2.45, 2.75) is 0 Å². The molecule has 5 heterocycles. The Hall–Kier alpha value is -9.60. The number of nitrogens with zero attached hydrogens (tertiary/aromatic N) is 6. The second-order valence-corrected chi connectivity index (χ2v) is 24.5. The third-order valence-electron chi connectivity index (χ3n) is 15.7. The molecule has 0 radical (unpaired) electrons. The summed E-state index contributed by atoms with van der Waals surface area (Å²) in [4.78, 5) is 10.7. The quantitative estimate of drug-likeness (QED) is 0.112. The number of hydrogen-bond acceptors (Lipinski definition) is 3. The number of aromatic nitrogens is 6. The first-order valence-corrected chi connectivity index (χ1v) is 28.6. The van der Waals surface area contributed by atoms with Crippen LogP contribution in [0.4, 0.5) is 0 Å². The molecule has 0 spiro atoms. The van der Waals surface area contributed by atoms with Crippen molar-refractivity contribution in [2.75, 3.05) is 0 Å². The highest BCUT2D eigenvalue weighted by Gasteiger charge is 2.43. The Balaban J connectivity index is 0.929. The highest BCUT2D eigenvalue weighted by molar-refractivity contribution is 7.26. The van der Waals surface area contributed by atoms with E-state index < -0.39 is 8.07 Å². The summed E-state index contributed by atoms with van der Waals surface area (Å²) in [6.07, 6.45) is 0. The van der Waals surface area contributed by atoms with Crippen molar-refractivity contribution in [1.29, 1.82) is 0 Å². The molecule has 0 amide bonds. The second kappa shape index (κ2) is 16.7. The number of thiophene rings is 1. The van der Waals surface area contributed by atoms with Gasteiger partial charge in [-0.05, 0) is 110 Å². The molecule has 0 saturated heterocycles. The average molecular weight is 1010 g/mol. The van der Waals surface area contributed by atoms with E-state index in [0.29, 0.717) is 0 Å². The summed E-state index contributed by atoms with van der Waals surface area (Å²) >= 11 is 1.89. The van der Waals surface area contributed by atoms with Gasteiger partial charge in [-0.3, -0.25) is 17.9 Å². The van der Waals surface area contributed by atoms with Gasteiger partial charge in [-0.1, -0.05) is 194 Å². The molecular weight excluding hydrogens is 961 g/mol. The zero-order valence-corrected chi connectivity index (χ0v) is 42.8. The molecule has 76 heavy (non-hydrogen) atoms. The van der Waals surface area contributed by atoms with Gasteiger partial charge in [0.1, 0.15) is 0 Å². The summed E-state index contributed by atoms with van der Waals surface area (Å²) < 4.78 is 11.9. The van der Waals surface area contributed by atoms with Gasteiger partial charge in [0.05, 0.1) is 49.8 Å². The van der Waals surface area contributed by atoms with Gasteiger partial charge in [-0.15, -0.1) is 11.3 Å². The molecule has 0 saturated carbocycles. The molecule has 16 aromatic rings. The zero-order chi connectivity index (χ0) is 49.9. The van der Waals surface area contributed by atoms with Crippen LogP contribution < -0.4 is 20.7 Å². The fourth-order valence-electron chi connectivity index (χ4n) is 12.6. The number of imidazole rings is 4. The highest BCUT2D eigenvalue weighted by Crippen LogP contribution is 2.43. The van der Waals surface area contributed by atoms with Crippen molar-refractivity contribution in [2.24, 2.45) is 0 Å². The van der Waals surface area contributed by atoms with Gasteiger partial charge in [0.2, 0.25) is 11.6 Å². The molecule has 16 rings (SSSR count). The van der Waals surface area contributed by atoms with Crippen molar-refractivity contribution in [3.8, 4) is 33.6 Å². The van der Waals surface area contributed by atoms with Crippen LogP contribution >= 0.6 is 11.3 Å². The number of benzene rings is 11. The van der Waals surface area contributed by atoms with Gasteiger partial charge >= 0.3 is 0 Å². The maximum atomic E-state index is 5.51. The topological polar surface area (TPSA) is 44.5 Å². The van der Waals surface area contributed by atoms with Crippen LogP contribution in [0.25, 0.3) is 109 Å². The predicted octanol–water partition coefficient (Wildman–Crippen LogP) is 14.3. The van der Waals surface area contributed by atoms with E-state index in [1.165, 1.54) is 63.2 Å². The minimum absolute atomic E-state index is 0.857. The van der Waals surface area contributed by atoms with Crippen LogP contribution in [-0.2, 0) is 0 Å². The van der Waals surface area contributed by atoms with E-state index in [0.717, 1.165) is 67.1 Å². The average Bonchev–Trinajstić information content (AvgIpc) is 4.31. The molecule has 0 atom stereocenters. The molecule has 5 aromatic heterocycles. The molecule has 0 aliphatic rings. The van der Waals surface area contributed by atoms with Crippen molar-refractivity contribution in [3.05, 3.63) is 267 Å². The van der Waals surface area contributed by atoms with Crippen LogP contribution in [0.15, 0.2) is 267 Å². The Kier molecular flexibility index (Phi) is 9.42. The van der Waals surface area contributed by atoms with E-state index in [9.17, 15) is 0 Å². The van der Waals surface area contributed by atoms with Crippen molar-refractivity contribution < 1.29 is 0 Å². The maximum absolute atomic E-state index is 5.51. The predicted molar refractivity (Wildman–Crippen MR) is 320 cm³/mol. The molecule has 0 bridgehead atoms. The lowest BCUT2D eigenvalue weighted by Gasteiger charge is -2.36. The number of para-hydroxylation sites is 6. The summed E-state index contributed by atoms with van der Waals surface area (Å²) in [5.41, 5.74) is 15.4. The van der Waals surface area contributed by atoms with Gasteiger partial charge in [-0.25, -0.2) is 9.97 Å². The molecule has 356 valence electrons. The maximum Gasteiger partial charge on any atom is 0.220 e. The van der Waals surface area contributed by atoms with Crippen LogP contribution in [0.1, 0.15) is 0 Å². The first kappa shape index (κ1) is 42.9. The summed E-state index contributed by atoms with van der Waals surface area (Å²) in [5.74, 6) is 1.74. The SMILES string of the molecule is c1ccc([Si](c2ccccc2)(c2cccc(-n3c4ccccc4n4c5cc(-n6c7ccccc7n7c8ccccc8nc67)ccc5nc34)c2)c2ccccc2-c2ccccc2-c2cccc3c2sc2ccccc23)cc1. The van der Waals surface area contributed by atoms with Gasteiger partial charge in [0.15, 0.2) is 8.07 Å². The van der Waals surface area contributed by atoms with Crippen molar-refractivity contribution in [1.82, 2.24) is 27.9 Å². The van der Waals surface area contributed by atoms with E-state index in [-0.39, 0.29) is 0 Å². The molecule has 0 N–H and O–H groups in total. The molecular formula is C68H44N6SSi. The van der Waals surface area contributed by atoms with Gasteiger partial charge < -0.3 is 0 Å². The third kappa shape index (κ3) is 6.13. The van der Waals surface area contributed by atoms with Crippen molar-refractivity contribution in [3.63, 3.8) is 0 Å². The lowest BCUT2D eigenvalue weighted by atomic mass is 9.93. The normalized spacial score (nSPS) is 12.2. The Labute approximate surface area is 441 Å². The van der Waals surface area contributed by atoms with E-state index in [4.69, 9.17) is 9.97 Å². The van der Waals surface area contributed by atoms with Gasteiger partial charge in [0, 0.05) is 31.4 Å². The van der Waals surface area contributed by atoms with E-state index >= 15 is 0 Å². The first-order chi connectivity index (χ1) is 37.7. The number of rotatable bonds is 8. The Bertz CT molecular complexity index is 4920. The van der Waals surface area contributed by atoms with Crippen LogP contribution in [0.5, 0.6) is 0 Å². The number of hydrogen-bond donors (Lipinski definition) is 0. The third-order valence-corrected chi connectivity index (χ3v) is 21.8. The smallest absolute Gasteiger partial charge is 0.220 e. The van der Waals surface area contributed by atoms with Crippen LogP contribution in [-0.4, -0.2) is 36.0 Å². The van der Waals surface area contributed by atoms with Crippen LogP contribution in [0.2, 0.25) is 0 Å². The standard InChI is InChI=1S/C68H44N6SSi/c1-3-22-47(23-4-1)76(48-24-5-2-6-25-48,65-40-18-10-30-53(65)50-27-7-8-28-51(50)54-31-20-32-55-52-29-9-17-39-64(52)75-66(54)55)49-26-19-21-45(43-49)71-60-36-14-16-38-62(60)74-63-44-46(41-42-57(63)70-68(71)74)72-59-35-13-15-37-61(59)73-58-34-12-11-33-56(58)69-67(72)73/h1-44H. The minimum atomic E-state index is -3.19. The highest BCUT2D eigenvalue weighted by atomic mass is 32.1. The molecule has 0 aliphatic carbocycles.